The smallest absolute Gasteiger partial charge is 0.234 e. The summed E-state index contributed by atoms with van der Waals surface area (Å²) in [5, 5.41) is 3.97. The van der Waals surface area contributed by atoms with Gasteiger partial charge in [-0.2, -0.15) is 4.98 Å². The molecule has 1 fully saturated rings. The van der Waals surface area contributed by atoms with E-state index < -0.39 is 0 Å². The molecule has 5 nitrogen and oxygen atoms in total. The van der Waals surface area contributed by atoms with Crippen molar-refractivity contribution in [3.8, 4) is 0 Å². The fraction of sp³-hybridized carbons (Fsp3) is 0.467. The number of rotatable bonds is 4. The van der Waals surface area contributed by atoms with Crippen molar-refractivity contribution in [2.75, 3.05) is 19.8 Å². The van der Waals surface area contributed by atoms with Crippen molar-refractivity contribution in [3.63, 3.8) is 0 Å². The molecule has 0 atom stereocenters. The van der Waals surface area contributed by atoms with Crippen LogP contribution in [0.2, 0.25) is 0 Å². The quantitative estimate of drug-likeness (QED) is 0.930. The van der Waals surface area contributed by atoms with Crippen LogP contribution in [-0.2, 0) is 16.6 Å². The lowest BCUT2D eigenvalue weighted by Crippen LogP contribution is -2.40. The van der Waals surface area contributed by atoms with Crippen molar-refractivity contribution in [3.05, 3.63) is 47.4 Å². The Balaban J connectivity index is 1.81. The Kier molecular flexibility index (Phi) is 3.98. The molecule has 0 saturated carbocycles. The molecule has 0 radical (unpaired) electrons. The molecule has 1 aromatic heterocycles. The summed E-state index contributed by atoms with van der Waals surface area (Å²) in [6.45, 7) is 1.72. The highest BCUT2D eigenvalue weighted by Gasteiger charge is 2.38. The molecule has 2 N–H and O–H groups in total. The average molecular weight is 291 g/mol. The Bertz CT molecular complexity index is 608. The van der Waals surface area contributed by atoms with E-state index in [4.69, 9.17) is 15.0 Å². The number of halogens is 1. The Morgan fingerprint density at radius 2 is 2.00 bits per heavy atom. The predicted octanol–water partition coefficient (Wildman–Crippen LogP) is 1.81. The normalized spacial score (nSPS) is 17.8. The van der Waals surface area contributed by atoms with Crippen LogP contribution in [0.5, 0.6) is 0 Å². The zero-order valence-corrected chi connectivity index (χ0v) is 11.7. The van der Waals surface area contributed by atoms with Gasteiger partial charge in [0.25, 0.3) is 0 Å². The molecule has 0 bridgehead atoms. The Morgan fingerprint density at radius 3 is 2.71 bits per heavy atom. The largest absolute Gasteiger partial charge is 0.381 e. The zero-order chi connectivity index (χ0) is 14.7. The van der Waals surface area contributed by atoms with Crippen LogP contribution >= 0.6 is 0 Å². The summed E-state index contributed by atoms with van der Waals surface area (Å²) in [7, 11) is 0. The van der Waals surface area contributed by atoms with Crippen LogP contribution in [0.3, 0.4) is 0 Å². The summed E-state index contributed by atoms with van der Waals surface area (Å²) in [5.74, 6) is 0.762. The molecule has 1 aliphatic heterocycles. The maximum absolute atomic E-state index is 13.7. The first-order chi connectivity index (χ1) is 10.2. The fourth-order valence-corrected chi connectivity index (χ4v) is 2.62. The van der Waals surface area contributed by atoms with Gasteiger partial charge in [0.15, 0.2) is 5.82 Å². The predicted molar refractivity (Wildman–Crippen MR) is 74.3 cm³/mol. The van der Waals surface area contributed by atoms with Crippen molar-refractivity contribution in [2.24, 2.45) is 5.73 Å². The highest BCUT2D eigenvalue weighted by Crippen LogP contribution is 2.32. The first-order valence-corrected chi connectivity index (χ1v) is 7.08. The van der Waals surface area contributed by atoms with Crippen molar-refractivity contribution >= 4 is 0 Å². The number of nitrogens with two attached hydrogens (primary N) is 1. The standard InChI is InChI=1S/C15H18FN3O2/c16-12-4-2-1-3-11(12)9-13-18-14(21-19-13)15(10-17)5-7-20-8-6-15/h1-4H,5-10,17H2. The van der Waals surface area contributed by atoms with Crippen molar-refractivity contribution < 1.29 is 13.7 Å². The number of ether oxygens (including phenoxy) is 1. The number of hydrogen-bond acceptors (Lipinski definition) is 5. The van der Waals surface area contributed by atoms with E-state index in [2.05, 4.69) is 10.1 Å². The van der Waals surface area contributed by atoms with Gasteiger partial charge in [0.05, 0.1) is 5.41 Å². The lowest BCUT2D eigenvalue weighted by Gasteiger charge is -2.32. The van der Waals surface area contributed by atoms with Crippen molar-refractivity contribution in [1.29, 1.82) is 0 Å². The van der Waals surface area contributed by atoms with Crippen LogP contribution < -0.4 is 5.73 Å². The van der Waals surface area contributed by atoms with Gasteiger partial charge < -0.3 is 15.0 Å². The lowest BCUT2D eigenvalue weighted by atomic mass is 9.80. The molecule has 21 heavy (non-hydrogen) atoms. The summed E-state index contributed by atoms with van der Waals surface area (Å²) in [5.41, 5.74) is 6.16. The molecule has 6 heteroatoms. The molecule has 0 spiro atoms. The summed E-state index contributed by atoms with van der Waals surface area (Å²) < 4.78 is 24.4. The lowest BCUT2D eigenvalue weighted by molar-refractivity contribution is 0.0409. The Labute approximate surface area is 122 Å². The van der Waals surface area contributed by atoms with Crippen LogP contribution in [-0.4, -0.2) is 29.9 Å². The number of nitrogens with zero attached hydrogens (tertiary/aromatic N) is 2. The summed E-state index contributed by atoms with van der Waals surface area (Å²) in [6.07, 6.45) is 1.85. The van der Waals surface area contributed by atoms with Crippen LogP contribution in [0.25, 0.3) is 0 Å². The van der Waals surface area contributed by atoms with E-state index in [-0.39, 0.29) is 11.2 Å². The second-order valence-corrected chi connectivity index (χ2v) is 5.38. The van der Waals surface area contributed by atoms with Gasteiger partial charge in [-0.15, -0.1) is 0 Å². The van der Waals surface area contributed by atoms with Gasteiger partial charge in [-0.3, -0.25) is 0 Å². The topological polar surface area (TPSA) is 74.2 Å². The van der Waals surface area contributed by atoms with Gasteiger partial charge in [0.2, 0.25) is 5.89 Å². The number of aromatic nitrogens is 2. The van der Waals surface area contributed by atoms with E-state index in [9.17, 15) is 4.39 Å². The zero-order valence-electron chi connectivity index (χ0n) is 11.7. The van der Waals surface area contributed by atoms with E-state index in [1.165, 1.54) is 6.07 Å². The van der Waals surface area contributed by atoms with Crippen LogP contribution in [0, 0.1) is 5.82 Å². The highest BCUT2D eigenvalue weighted by atomic mass is 19.1. The molecule has 1 aromatic carbocycles. The molecule has 112 valence electrons. The highest BCUT2D eigenvalue weighted by molar-refractivity contribution is 5.21. The SMILES string of the molecule is NCC1(c2nc(Cc3ccccc3F)no2)CCOCC1. The number of hydrogen-bond donors (Lipinski definition) is 1. The second-order valence-electron chi connectivity index (χ2n) is 5.38. The average Bonchev–Trinajstić information content (AvgIpc) is 2.99. The first kappa shape index (κ1) is 14.2. The molecule has 2 heterocycles. The van der Waals surface area contributed by atoms with E-state index in [0.29, 0.717) is 43.5 Å². The minimum absolute atomic E-state index is 0.261. The molecule has 3 rings (SSSR count). The summed E-state index contributed by atoms with van der Waals surface area (Å²) >= 11 is 0. The van der Waals surface area contributed by atoms with E-state index in [0.717, 1.165) is 12.8 Å². The molecule has 1 aliphatic rings. The Hall–Kier alpha value is -1.79. The van der Waals surface area contributed by atoms with Crippen molar-refractivity contribution in [1.82, 2.24) is 10.1 Å². The maximum atomic E-state index is 13.7. The molecule has 2 aromatic rings. The van der Waals surface area contributed by atoms with Crippen molar-refractivity contribution in [2.45, 2.75) is 24.7 Å². The molecular formula is C15H18FN3O2. The second kappa shape index (κ2) is 5.91. The van der Waals surface area contributed by atoms with Gasteiger partial charge >= 0.3 is 0 Å². The van der Waals surface area contributed by atoms with E-state index in [1.54, 1.807) is 18.2 Å². The fourth-order valence-electron chi connectivity index (χ4n) is 2.62. The van der Waals surface area contributed by atoms with Gasteiger partial charge in [-0.05, 0) is 24.5 Å². The minimum Gasteiger partial charge on any atom is -0.381 e. The van der Waals surface area contributed by atoms with Crippen LogP contribution in [0.4, 0.5) is 4.39 Å². The summed E-state index contributed by atoms with van der Waals surface area (Å²) in [4.78, 5) is 4.43. The third-order valence-corrected chi connectivity index (χ3v) is 4.07. The van der Waals surface area contributed by atoms with Gasteiger partial charge in [0.1, 0.15) is 5.82 Å². The Morgan fingerprint density at radius 1 is 1.24 bits per heavy atom. The summed E-state index contributed by atoms with van der Waals surface area (Å²) in [6, 6.07) is 6.60. The van der Waals surface area contributed by atoms with E-state index in [1.807, 2.05) is 0 Å². The minimum atomic E-state index is -0.307. The van der Waals surface area contributed by atoms with E-state index >= 15 is 0 Å². The first-order valence-electron chi connectivity index (χ1n) is 7.08. The van der Waals surface area contributed by atoms with Gasteiger partial charge in [0, 0.05) is 26.2 Å². The molecule has 1 saturated heterocycles. The molecular weight excluding hydrogens is 273 g/mol. The number of benzene rings is 1. The van der Waals surface area contributed by atoms with Gasteiger partial charge in [-0.25, -0.2) is 4.39 Å². The monoisotopic (exact) mass is 291 g/mol. The molecule has 0 unspecified atom stereocenters. The molecule has 0 amide bonds. The van der Waals surface area contributed by atoms with Gasteiger partial charge in [-0.1, -0.05) is 23.4 Å². The van der Waals surface area contributed by atoms with Crippen LogP contribution in [0.1, 0.15) is 30.1 Å². The maximum Gasteiger partial charge on any atom is 0.234 e. The third-order valence-electron chi connectivity index (χ3n) is 4.07. The molecule has 0 aliphatic carbocycles. The third kappa shape index (κ3) is 2.82. The van der Waals surface area contributed by atoms with Crippen LogP contribution in [0.15, 0.2) is 28.8 Å².